The lowest BCUT2D eigenvalue weighted by Gasteiger charge is -2.27. The van der Waals surface area contributed by atoms with E-state index >= 15 is 0 Å². The second-order valence-corrected chi connectivity index (χ2v) is 7.20. The van der Waals surface area contributed by atoms with E-state index < -0.39 is 0 Å². The molecule has 1 saturated carbocycles. The number of nitrogens with zero attached hydrogens (tertiary/aromatic N) is 3. The van der Waals surface area contributed by atoms with Gasteiger partial charge in [-0.3, -0.25) is 4.79 Å². The predicted molar refractivity (Wildman–Crippen MR) is 95.2 cm³/mol. The average Bonchev–Trinajstić information content (AvgIpc) is 3.38. The molecular weight excluding hydrogens is 300 g/mol. The van der Waals surface area contributed by atoms with Crippen LogP contribution in [0.3, 0.4) is 0 Å². The number of aromatic nitrogens is 2. The number of nitrogens with one attached hydrogen (secondary N) is 1. The minimum Gasteiger partial charge on any atom is -0.340 e. The molecule has 1 aromatic carbocycles. The zero-order chi connectivity index (χ0) is 16.7. The summed E-state index contributed by atoms with van der Waals surface area (Å²) in [6.07, 6.45) is 3.03. The van der Waals surface area contributed by atoms with Gasteiger partial charge in [0.1, 0.15) is 5.82 Å². The van der Waals surface area contributed by atoms with E-state index in [0.29, 0.717) is 12.3 Å². The highest BCUT2D eigenvalue weighted by Gasteiger charge is 2.30. The molecule has 2 heterocycles. The molecule has 2 aliphatic rings. The van der Waals surface area contributed by atoms with E-state index in [4.69, 9.17) is 4.98 Å². The van der Waals surface area contributed by atoms with Gasteiger partial charge in [0.15, 0.2) is 0 Å². The third-order valence-electron chi connectivity index (χ3n) is 5.35. The minimum absolute atomic E-state index is 0.268. The number of amides is 1. The molecule has 5 nitrogen and oxygen atoms in total. The zero-order valence-electron chi connectivity index (χ0n) is 14.6. The summed E-state index contributed by atoms with van der Waals surface area (Å²) in [5.74, 6) is 2.04. The summed E-state index contributed by atoms with van der Waals surface area (Å²) < 4.78 is 2.31. The Labute approximate surface area is 143 Å². The van der Waals surface area contributed by atoms with Crippen LogP contribution in [-0.4, -0.2) is 46.5 Å². The lowest BCUT2D eigenvalue weighted by atomic mass is 10.1. The first-order valence-electron chi connectivity index (χ1n) is 9.09. The van der Waals surface area contributed by atoms with E-state index in [1.54, 1.807) is 0 Å². The number of hydrogen-bond donors (Lipinski definition) is 1. The van der Waals surface area contributed by atoms with Crippen LogP contribution in [0, 0.1) is 13.8 Å². The van der Waals surface area contributed by atoms with Crippen molar-refractivity contribution in [2.24, 2.45) is 0 Å². The Morgan fingerprint density at radius 1 is 1.21 bits per heavy atom. The monoisotopic (exact) mass is 326 g/mol. The van der Waals surface area contributed by atoms with Crippen molar-refractivity contribution in [3.05, 3.63) is 29.1 Å². The molecule has 1 N–H and O–H groups in total. The van der Waals surface area contributed by atoms with Gasteiger partial charge in [0, 0.05) is 45.1 Å². The number of hydrogen-bond acceptors (Lipinski definition) is 3. The van der Waals surface area contributed by atoms with Gasteiger partial charge in [0.2, 0.25) is 5.91 Å². The molecule has 0 atom stereocenters. The van der Waals surface area contributed by atoms with E-state index in [0.717, 1.165) is 38.2 Å². The molecule has 2 aromatic rings. The van der Waals surface area contributed by atoms with Crippen molar-refractivity contribution >= 4 is 16.9 Å². The van der Waals surface area contributed by atoms with Crippen molar-refractivity contribution in [2.45, 2.75) is 45.6 Å². The van der Waals surface area contributed by atoms with Crippen LogP contribution in [0.15, 0.2) is 12.1 Å². The molecule has 0 spiro atoms. The van der Waals surface area contributed by atoms with E-state index in [2.05, 4.69) is 35.9 Å². The number of carbonyl (C=O) groups is 1. The number of rotatable bonds is 4. The Bertz CT molecular complexity index is 769. The number of benzene rings is 1. The molecule has 0 radical (unpaired) electrons. The normalized spacial score (nSPS) is 18.3. The van der Waals surface area contributed by atoms with Gasteiger partial charge in [-0.05, 0) is 49.9 Å². The fourth-order valence-corrected chi connectivity index (χ4v) is 3.57. The van der Waals surface area contributed by atoms with E-state index in [-0.39, 0.29) is 5.91 Å². The maximum absolute atomic E-state index is 12.5. The molecule has 0 bridgehead atoms. The number of carbonyl (C=O) groups excluding carboxylic acids is 1. The van der Waals surface area contributed by atoms with Crippen LogP contribution < -0.4 is 5.32 Å². The molecule has 5 heteroatoms. The number of piperazine rings is 1. The first-order chi connectivity index (χ1) is 11.6. The molecule has 2 fully saturated rings. The van der Waals surface area contributed by atoms with Gasteiger partial charge in [-0.1, -0.05) is 0 Å². The van der Waals surface area contributed by atoms with E-state index in [9.17, 15) is 4.79 Å². The van der Waals surface area contributed by atoms with Gasteiger partial charge < -0.3 is 14.8 Å². The standard InChI is InChI=1S/C19H26N4O/c1-13-11-16-17(12-14(13)2)23(19(21-16)15-3-4-15)8-5-18(24)22-9-6-20-7-10-22/h11-12,15,20H,3-10H2,1-2H3. The Morgan fingerprint density at radius 3 is 2.62 bits per heavy atom. The highest BCUT2D eigenvalue weighted by atomic mass is 16.2. The molecule has 1 aromatic heterocycles. The van der Waals surface area contributed by atoms with Crippen LogP contribution in [-0.2, 0) is 11.3 Å². The summed E-state index contributed by atoms with van der Waals surface area (Å²) in [7, 11) is 0. The maximum Gasteiger partial charge on any atom is 0.224 e. The molecular formula is C19H26N4O. The van der Waals surface area contributed by atoms with Crippen LogP contribution in [0.2, 0.25) is 0 Å². The first kappa shape index (κ1) is 15.6. The van der Waals surface area contributed by atoms with Crippen LogP contribution in [0.25, 0.3) is 11.0 Å². The van der Waals surface area contributed by atoms with Gasteiger partial charge in [-0.2, -0.15) is 0 Å². The number of imidazole rings is 1. The molecule has 4 rings (SSSR count). The molecule has 1 aliphatic heterocycles. The highest BCUT2D eigenvalue weighted by molar-refractivity contribution is 5.79. The minimum atomic E-state index is 0.268. The molecule has 128 valence electrons. The van der Waals surface area contributed by atoms with Gasteiger partial charge in [-0.25, -0.2) is 4.98 Å². The Kier molecular flexibility index (Phi) is 4.04. The van der Waals surface area contributed by atoms with Crippen LogP contribution >= 0.6 is 0 Å². The largest absolute Gasteiger partial charge is 0.340 e. The predicted octanol–water partition coefficient (Wildman–Crippen LogP) is 2.35. The summed E-state index contributed by atoms with van der Waals surface area (Å²) in [6.45, 7) is 8.51. The van der Waals surface area contributed by atoms with Gasteiger partial charge in [-0.15, -0.1) is 0 Å². The van der Waals surface area contributed by atoms with E-state index in [1.807, 2.05) is 4.90 Å². The van der Waals surface area contributed by atoms with Gasteiger partial charge in [0.25, 0.3) is 0 Å². The van der Waals surface area contributed by atoms with Crippen molar-refractivity contribution in [2.75, 3.05) is 26.2 Å². The summed E-state index contributed by atoms with van der Waals surface area (Å²) >= 11 is 0. The van der Waals surface area contributed by atoms with Crippen molar-refractivity contribution in [1.29, 1.82) is 0 Å². The molecule has 1 amide bonds. The second kappa shape index (κ2) is 6.20. The van der Waals surface area contributed by atoms with Crippen molar-refractivity contribution in [3.63, 3.8) is 0 Å². The van der Waals surface area contributed by atoms with Gasteiger partial charge in [0.05, 0.1) is 11.0 Å². The molecule has 24 heavy (non-hydrogen) atoms. The summed E-state index contributed by atoms with van der Waals surface area (Å²) in [5, 5.41) is 3.30. The average molecular weight is 326 g/mol. The highest BCUT2D eigenvalue weighted by Crippen LogP contribution is 2.41. The van der Waals surface area contributed by atoms with Crippen LogP contribution in [0.4, 0.5) is 0 Å². The Balaban J connectivity index is 1.59. The molecule has 1 aliphatic carbocycles. The van der Waals surface area contributed by atoms with Crippen molar-refractivity contribution < 1.29 is 4.79 Å². The zero-order valence-corrected chi connectivity index (χ0v) is 14.6. The number of fused-ring (bicyclic) bond motifs is 1. The topological polar surface area (TPSA) is 50.2 Å². The third kappa shape index (κ3) is 2.93. The fraction of sp³-hybridized carbons (Fsp3) is 0.579. The summed E-state index contributed by atoms with van der Waals surface area (Å²) in [4.78, 5) is 19.4. The lowest BCUT2D eigenvalue weighted by molar-refractivity contribution is -0.131. The second-order valence-electron chi connectivity index (χ2n) is 7.20. The van der Waals surface area contributed by atoms with Crippen molar-refractivity contribution in [3.8, 4) is 0 Å². The van der Waals surface area contributed by atoms with E-state index in [1.165, 1.54) is 35.3 Å². The van der Waals surface area contributed by atoms with Gasteiger partial charge >= 0.3 is 0 Å². The molecule has 1 saturated heterocycles. The maximum atomic E-state index is 12.5. The third-order valence-corrected chi connectivity index (χ3v) is 5.35. The summed E-state index contributed by atoms with van der Waals surface area (Å²) in [5.41, 5.74) is 4.84. The fourth-order valence-electron chi connectivity index (χ4n) is 3.57. The van der Waals surface area contributed by atoms with Crippen LogP contribution in [0.1, 0.15) is 42.1 Å². The smallest absolute Gasteiger partial charge is 0.224 e. The first-order valence-corrected chi connectivity index (χ1v) is 9.09. The number of aryl methyl sites for hydroxylation is 3. The summed E-state index contributed by atoms with van der Waals surface area (Å²) in [6, 6.07) is 4.42. The Hall–Kier alpha value is -1.88. The lowest BCUT2D eigenvalue weighted by Crippen LogP contribution is -2.46. The SMILES string of the molecule is Cc1cc2nc(C3CC3)n(CCC(=O)N3CCNCC3)c2cc1C. The molecule has 0 unspecified atom stereocenters. The van der Waals surface area contributed by atoms with Crippen molar-refractivity contribution in [1.82, 2.24) is 19.8 Å². The Morgan fingerprint density at radius 2 is 1.92 bits per heavy atom. The quantitative estimate of drug-likeness (QED) is 0.938. The van der Waals surface area contributed by atoms with Crippen LogP contribution in [0.5, 0.6) is 0 Å².